The van der Waals surface area contributed by atoms with Crippen LogP contribution in [0.3, 0.4) is 0 Å². The summed E-state index contributed by atoms with van der Waals surface area (Å²) in [4.78, 5) is 38.2. The highest BCUT2D eigenvalue weighted by molar-refractivity contribution is 5.89. The van der Waals surface area contributed by atoms with Crippen LogP contribution >= 0.6 is 0 Å². The molecule has 1 fully saturated rings. The largest absolute Gasteiger partial charge is 0.494 e. The fourth-order valence-electron chi connectivity index (χ4n) is 3.63. The van der Waals surface area contributed by atoms with Crippen LogP contribution in [0.1, 0.15) is 24.8 Å². The molecular formula is C25H28F2N2O5. The number of likely N-dealkylation sites (tertiary alicyclic amines) is 1. The number of carbonyl (C=O) groups is 3. The molecule has 2 atom stereocenters. The van der Waals surface area contributed by atoms with E-state index in [0.717, 1.165) is 10.5 Å². The van der Waals surface area contributed by atoms with E-state index in [-0.39, 0.29) is 18.9 Å². The minimum absolute atomic E-state index is 0.0467. The zero-order valence-corrected chi connectivity index (χ0v) is 18.8. The number of rotatable bonds is 11. The lowest BCUT2D eigenvalue weighted by Gasteiger charge is -2.23. The molecule has 0 aromatic heterocycles. The predicted molar refractivity (Wildman–Crippen MR) is 120 cm³/mol. The van der Waals surface area contributed by atoms with Gasteiger partial charge in [0.15, 0.2) is 5.67 Å². The second-order valence-corrected chi connectivity index (χ2v) is 8.16. The van der Waals surface area contributed by atoms with E-state index in [0.29, 0.717) is 18.8 Å². The molecule has 0 radical (unpaired) electrons. The molecule has 0 spiro atoms. The Bertz CT molecular complexity index is 960. The van der Waals surface area contributed by atoms with E-state index < -0.39 is 49.8 Å². The number of amides is 2. The van der Waals surface area contributed by atoms with Crippen molar-refractivity contribution in [2.45, 2.75) is 37.6 Å². The Labute approximate surface area is 197 Å². The molecule has 0 aliphatic carbocycles. The minimum atomic E-state index is -2.33. The van der Waals surface area contributed by atoms with Gasteiger partial charge in [0.05, 0.1) is 19.7 Å². The molecule has 3 rings (SSSR count). The van der Waals surface area contributed by atoms with Gasteiger partial charge in [-0.05, 0) is 24.1 Å². The van der Waals surface area contributed by atoms with Crippen LogP contribution in [0.25, 0.3) is 0 Å². The highest BCUT2D eigenvalue weighted by atomic mass is 19.2. The fourth-order valence-corrected chi connectivity index (χ4v) is 3.63. The number of nitrogens with one attached hydrogen (secondary N) is 1. The highest BCUT2D eigenvalue weighted by Gasteiger charge is 2.50. The normalized spacial score (nSPS) is 19.5. The summed E-state index contributed by atoms with van der Waals surface area (Å²) in [7, 11) is 0. The topological polar surface area (TPSA) is 84.9 Å². The molecule has 1 aliphatic rings. The molecule has 1 N–H and O–H groups in total. The third-order valence-corrected chi connectivity index (χ3v) is 5.44. The van der Waals surface area contributed by atoms with Gasteiger partial charge in [0.25, 0.3) is 0 Å². The quantitative estimate of drug-likeness (QED) is 0.400. The molecule has 2 amide bonds. The van der Waals surface area contributed by atoms with Crippen molar-refractivity contribution in [3.05, 3.63) is 66.2 Å². The molecule has 1 aliphatic heterocycles. The van der Waals surface area contributed by atoms with Crippen LogP contribution in [0.4, 0.5) is 8.78 Å². The number of para-hydroxylation sites is 1. The van der Waals surface area contributed by atoms with Crippen molar-refractivity contribution in [1.29, 1.82) is 0 Å². The van der Waals surface area contributed by atoms with Crippen molar-refractivity contribution < 1.29 is 32.6 Å². The SMILES string of the molecule is O=C(CCCOc1ccccc1)NCC(=O)N1C[C@@](F)(CF)C[C@H]1C(=O)OCc1ccccc1. The van der Waals surface area contributed by atoms with Crippen LogP contribution in [0, 0.1) is 0 Å². The van der Waals surface area contributed by atoms with Gasteiger partial charge in [-0.25, -0.2) is 13.6 Å². The first-order chi connectivity index (χ1) is 16.4. The Kier molecular flexibility index (Phi) is 8.95. The molecule has 7 nitrogen and oxygen atoms in total. The molecule has 0 bridgehead atoms. The maximum atomic E-state index is 14.7. The zero-order valence-electron chi connectivity index (χ0n) is 18.8. The van der Waals surface area contributed by atoms with Crippen LogP contribution in [-0.2, 0) is 25.7 Å². The molecule has 2 aromatic carbocycles. The van der Waals surface area contributed by atoms with Gasteiger partial charge in [-0.2, -0.15) is 0 Å². The smallest absolute Gasteiger partial charge is 0.329 e. The van der Waals surface area contributed by atoms with Gasteiger partial charge in [-0.1, -0.05) is 48.5 Å². The van der Waals surface area contributed by atoms with E-state index in [1.165, 1.54) is 0 Å². The predicted octanol–water partition coefficient (Wildman–Crippen LogP) is 2.98. The molecule has 1 heterocycles. The Morgan fingerprint density at radius 1 is 1.06 bits per heavy atom. The number of hydrogen-bond donors (Lipinski definition) is 1. The fraction of sp³-hybridized carbons (Fsp3) is 0.400. The standard InChI is InChI=1S/C25H28F2N2O5/c26-17-25(27)14-21(24(32)34-16-19-8-3-1-4-9-19)29(18-25)23(31)15-28-22(30)12-7-13-33-20-10-5-2-6-11-20/h1-6,8-11,21H,7,12-18H2,(H,28,30)/t21-,25-/m0/s1. The van der Waals surface area contributed by atoms with Gasteiger partial charge in [-0.15, -0.1) is 0 Å². The van der Waals surface area contributed by atoms with E-state index in [2.05, 4.69) is 5.32 Å². The minimum Gasteiger partial charge on any atom is -0.494 e. The molecule has 34 heavy (non-hydrogen) atoms. The average Bonchev–Trinajstić information content (AvgIpc) is 3.23. The van der Waals surface area contributed by atoms with Crippen molar-refractivity contribution in [3.63, 3.8) is 0 Å². The number of alkyl halides is 2. The number of hydrogen-bond acceptors (Lipinski definition) is 5. The number of nitrogens with zero attached hydrogens (tertiary/aromatic N) is 1. The van der Waals surface area contributed by atoms with Gasteiger partial charge in [-0.3, -0.25) is 9.59 Å². The van der Waals surface area contributed by atoms with Gasteiger partial charge >= 0.3 is 5.97 Å². The summed E-state index contributed by atoms with van der Waals surface area (Å²) < 4.78 is 38.7. The summed E-state index contributed by atoms with van der Waals surface area (Å²) in [5, 5.41) is 2.47. The summed E-state index contributed by atoms with van der Waals surface area (Å²) in [6.45, 7) is -2.05. The van der Waals surface area contributed by atoms with Gasteiger partial charge in [0.2, 0.25) is 11.8 Å². The third-order valence-electron chi connectivity index (χ3n) is 5.44. The molecule has 9 heteroatoms. The van der Waals surface area contributed by atoms with Crippen molar-refractivity contribution >= 4 is 17.8 Å². The lowest BCUT2D eigenvalue weighted by atomic mass is 10.0. The lowest BCUT2D eigenvalue weighted by molar-refractivity contribution is -0.154. The van der Waals surface area contributed by atoms with Crippen LogP contribution in [0.5, 0.6) is 5.75 Å². The first-order valence-electron chi connectivity index (χ1n) is 11.1. The van der Waals surface area contributed by atoms with E-state index >= 15 is 0 Å². The first kappa shape index (κ1) is 25.1. The second-order valence-electron chi connectivity index (χ2n) is 8.16. The van der Waals surface area contributed by atoms with Crippen molar-refractivity contribution in [1.82, 2.24) is 10.2 Å². The maximum absolute atomic E-state index is 14.7. The Morgan fingerprint density at radius 2 is 1.74 bits per heavy atom. The van der Waals surface area contributed by atoms with Crippen LogP contribution in [-0.4, -0.2) is 60.8 Å². The number of carbonyl (C=O) groups excluding carboxylic acids is 3. The maximum Gasteiger partial charge on any atom is 0.329 e. The van der Waals surface area contributed by atoms with Crippen molar-refractivity contribution in [2.24, 2.45) is 0 Å². The first-order valence-corrected chi connectivity index (χ1v) is 11.1. The van der Waals surface area contributed by atoms with Gasteiger partial charge < -0.3 is 19.7 Å². The van der Waals surface area contributed by atoms with Crippen LogP contribution in [0.2, 0.25) is 0 Å². The third kappa shape index (κ3) is 7.26. The second kappa shape index (κ2) is 12.1. The lowest BCUT2D eigenvalue weighted by Crippen LogP contribution is -2.46. The summed E-state index contributed by atoms with van der Waals surface area (Å²) in [6.07, 6.45) is 0.0658. The van der Waals surface area contributed by atoms with Gasteiger partial charge in [0, 0.05) is 12.8 Å². The zero-order chi connectivity index (χ0) is 24.4. The van der Waals surface area contributed by atoms with Crippen LogP contribution in [0.15, 0.2) is 60.7 Å². The Hall–Kier alpha value is -3.49. The van der Waals surface area contributed by atoms with Crippen molar-refractivity contribution in [2.75, 3.05) is 26.4 Å². The van der Waals surface area contributed by atoms with Crippen LogP contribution < -0.4 is 10.1 Å². The summed E-state index contributed by atoms with van der Waals surface area (Å²) in [5.41, 5.74) is -1.60. The van der Waals surface area contributed by atoms with Crippen molar-refractivity contribution in [3.8, 4) is 5.75 Å². The van der Waals surface area contributed by atoms with E-state index in [1.54, 1.807) is 36.4 Å². The molecule has 2 aromatic rings. The molecule has 0 unspecified atom stereocenters. The summed E-state index contributed by atoms with van der Waals surface area (Å²) in [6, 6.07) is 16.8. The molecule has 1 saturated heterocycles. The Balaban J connectivity index is 1.46. The van der Waals surface area contributed by atoms with Gasteiger partial charge in [0.1, 0.15) is 25.1 Å². The number of ether oxygens (including phenoxy) is 2. The number of benzene rings is 2. The monoisotopic (exact) mass is 474 g/mol. The Morgan fingerprint density at radius 3 is 2.41 bits per heavy atom. The summed E-state index contributed by atoms with van der Waals surface area (Å²) in [5.74, 6) is -1.18. The van der Waals surface area contributed by atoms with E-state index in [9.17, 15) is 23.2 Å². The average molecular weight is 475 g/mol. The number of esters is 1. The number of halogens is 2. The van der Waals surface area contributed by atoms with E-state index in [1.807, 2.05) is 24.3 Å². The highest BCUT2D eigenvalue weighted by Crippen LogP contribution is 2.32. The molecule has 182 valence electrons. The molecule has 0 saturated carbocycles. The molecular weight excluding hydrogens is 446 g/mol. The van der Waals surface area contributed by atoms with E-state index in [4.69, 9.17) is 9.47 Å². The summed E-state index contributed by atoms with van der Waals surface area (Å²) >= 11 is 0.